The average Bonchev–Trinajstić information content (AvgIpc) is 1.94. The molecule has 0 aromatic heterocycles. The third-order valence-electron chi connectivity index (χ3n) is 1.26. The predicted octanol–water partition coefficient (Wildman–Crippen LogP) is 1.54. The minimum Gasteiger partial charge on any atom is -0.269 e. The summed E-state index contributed by atoms with van der Waals surface area (Å²) in [4.78, 5) is 0. The maximum Gasteiger partial charge on any atom is 0.0590 e. The number of hydrogen-bond acceptors (Lipinski definition) is 2. The van der Waals surface area contributed by atoms with E-state index in [1.807, 2.05) is 25.3 Å². The first-order chi connectivity index (χ1) is 4.84. The smallest absolute Gasteiger partial charge is 0.0590 e. The molecular formula is C8H10N2. The van der Waals surface area contributed by atoms with E-state index in [9.17, 15) is 0 Å². The summed E-state index contributed by atoms with van der Waals surface area (Å²) in [5, 5.41) is 5.83. The van der Waals surface area contributed by atoms with Crippen LogP contribution in [-0.4, -0.2) is 18.3 Å². The molecule has 0 saturated heterocycles. The van der Waals surface area contributed by atoms with Gasteiger partial charge in [-0.25, -0.2) is 0 Å². The van der Waals surface area contributed by atoms with Gasteiger partial charge in [-0.15, -0.1) is 0 Å². The number of hydrazone groups is 1. The number of rotatable bonds is 1. The Morgan fingerprint density at radius 3 is 3.10 bits per heavy atom. The third kappa shape index (κ3) is 1.35. The van der Waals surface area contributed by atoms with Crippen LogP contribution in [-0.2, 0) is 0 Å². The molecule has 0 radical (unpaired) electrons. The molecule has 1 aliphatic rings. The summed E-state index contributed by atoms with van der Waals surface area (Å²) in [6.07, 6.45) is 9.29. The Bertz CT molecular complexity index is 211. The standard InChI is InChI=1S/C8H10N2/c1-3-5-8-6-4-7-9-10(8)2/h3-7H,1H2,2H3/b8-5-. The second-order valence-electron chi connectivity index (χ2n) is 1.97. The van der Waals surface area contributed by atoms with Crippen LogP contribution in [0.1, 0.15) is 0 Å². The highest BCUT2D eigenvalue weighted by atomic mass is 15.4. The zero-order valence-corrected chi connectivity index (χ0v) is 5.99. The molecule has 1 rings (SSSR count). The van der Waals surface area contributed by atoms with Gasteiger partial charge in [0.15, 0.2) is 0 Å². The van der Waals surface area contributed by atoms with E-state index in [0.29, 0.717) is 0 Å². The quantitative estimate of drug-likeness (QED) is 0.531. The molecule has 1 heterocycles. The van der Waals surface area contributed by atoms with Gasteiger partial charge in [-0.2, -0.15) is 5.10 Å². The Labute approximate surface area is 60.8 Å². The highest BCUT2D eigenvalue weighted by molar-refractivity contribution is 5.73. The Kier molecular flexibility index (Phi) is 2.05. The number of likely N-dealkylation sites (N-methyl/N-ethyl adjacent to an activating group) is 1. The van der Waals surface area contributed by atoms with E-state index < -0.39 is 0 Å². The fourth-order valence-corrected chi connectivity index (χ4v) is 0.739. The second kappa shape index (κ2) is 3.01. The van der Waals surface area contributed by atoms with Crippen molar-refractivity contribution in [3.8, 4) is 0 Å². The lowest BCUT2D eigenvalue weighted by Crippen LogP contribution is -2.11. The van der Waals surface area contributed by atoms with Gasteiger partial charge in [0.05, 0.1) is 5.70 Å². The third-order valence-corrected chi connectivity index (χ3v) is 1.26. The molecule has 1 aliphatic heterocycles. The first-order valence-corrected chi connectivity index (χ1v) is 3.11. The van der Waals surface area contributed by atoms with Crippen molar-refractivity contribution in [2.24, 2.45) is 5.10 Å². The largest absolute Gasteiger partial charge is 0.269 e. The first kappa shape index (κ1) is 6.81. The normalized spacial score (nSPS) is 20.1. The van der Waals surface area contributed by atoms with Gasteiger partial charge in [0.2, 0.25) is 0 Å². The van der Waals surface area contributed by atoms with E-state index in [1.54, 1.807) is 17.3 Å². The topological polar surface area (TPSA) is 15.6 Å². The van der Waals surface area contributed by atoms with E-state index in [0.717, 1.165) is 5.70 Å². The van der Waals surface area contributed by atoms with E-state index in [4.69, 9.17) is 0 Å². The van der Waals surface area contributed by atoms with Crippen molar-refractivity contribution < 1.29 is 0 Å². The molecule has 10 heavy (non-hydrogen) atoms. The Morgan fingerprint density at radius 2 is 2.50 bits per heavy atom. The Morgan fingerprint density at radius 1 is 1.70 bits per heavy atom. The molecule has 0 saturated carbocycles. The lowest BCUT2D eigenvalue weighted by Gasteiger charge is -2.15. The fourth-order valence-electron chi connectivity index (χ4n) is 0.739. The van der Waals surface area contributed by atoms with Crippen molar-refractivity contribution in [2.75, 3.05) is 7.05 Å². The number of nitrogens with zero attached hydrogens (tertiary/aromatic N) is 2. The number of hydrogen-bond donors (Lipinski definition) is 0. The predicted molar refractivity (Wildman–Crippen MR) is 43.7 cm³/mol. The summed E-state index contributed by atoms with van der Waals surface area (Å²) in [6.45, 7) is 3.60. The minimum absolute atomic E-state index is 1.05. The summed E-state index contributed by atoms with van der Waals surface area (Å²) in [6, 6.07) is 0. The molecule has 2 nitrogen and oxygen atoms in total. The molecule has 0 aromatic rings. The molecule has 0 aliphatic carbocycles. The van der Waals surface area contributed by atoms with Gasteiger partial charge in [-0.1, -0.05) is 12.7 Å². The van der Waals surface area contributed by atoms with E-state index in [1.165, 1.54) is 0 Å². The lowest BCUT2D eigenvalue weighted by atomic mass is 10.3. The minimum atomic E-state index is 1.05. The maximum atomic E-state index is 4.04. The van der Waals surface area contributed by atoms with Crippen molar-refractivity contribution in [1.82, 2.24) is 5.01 Å². The summed E-state index contributed by atoms with van der Waals surface area (Å²) in [7, 11) is 1.90. The van der Waals surface area contributed by atoms with Crippen LogP contribution in [0, 0.1) is 0 Å². The van der Waals surface area contributed by atoms with Gasteiger partial charge >= 0.3 is 0 Å². The van der Waals surface area contributed by atoms with Gasteiger partial charge in [-0.3, -0.25) is 5.01 Å². The maximum absolute atomic E-state index is 4.04. The SMILES string of the molecule is C=C/C=C1/C=CC=NN1C. The molecule has 0 fully saturated rings. The van der Waals surface area contributed by atoms with E-state index in [-0.39, 0.29) is 0 Å². The van der Waals surface area contributed by atoms with Crippen molar-refractivity contribution in [3.63, 3.8) is 0 Å². The zero-order valence-electron chi connectivity index (χ0n) is 5.99. The van der Waals surface area contributed by atoms with Crippen LogP contribution in [0.4, 0.5) is 0 Å². The van der Waals surface area contributed by atoms with Crippen LogP contribution in [0.15, 0.2) is 41.7 Å². The van der Waals surface area contributed by atoms with E-state index >= 15 is 0 Å². The Balaban J connectivity index is 2.79. The Hall–Kier alpha value is -1.31. The molecule has 2 heteroatoms. The highest BCUT2D eigenvalue weighted by Crippen LogP contribution is 2.06. The number of allylic oxidation sites excluding steroid dienone is 4. The molecule has 0 bridgehead atoms. The van der Waals surface area contributed by atoms with Gasteiger partial charge in [0.25, 0.3) is 0 Å². The summed E-state index contributed by atoms with van der Waals surface area (Å²) >= 11 is 0. The van der Waals surface area contributed by atoms with Gasteiger partial charge in [0.1, 0.15) is 0 Å². The fraction of sp³-hybridized carbons (Fsp3) is 0.125. The van der Waals surface area contributed by atoms with Crippen molar-refractivity contribution in [2.45, 2.75) is 0 Å². The molecule has 0 spiro atoms. The zero-order chi connectivity index (χ0) is 7.40. The molecular weight excluding hydrogens is 124 g/mol. The van der Waals surface area contributed by atoms with Crippen LogP contribution in [0.2, 0.25) is 0 Å². The van der Waals surface area contributed by atoms with Crippen LogP contribution in [0.3, 0.4) is 0 Å². The van der Waals surface area contributed by atoms with Crippen LogP contribution < -0.4 is 0 Å². The summed E-state index contributed by atoms with van der Waals surface area (Å²) in [5.74, 6) is 0. The molecule has 0 amide bonds. The van der Waals surface area contributed by atoms with Crippen molar-refractivity contribution in [3.05, 3.63) is 36.6 Å². The van der Waals surface area contributed by atoms with Crippen LogP contribution in [0.5, 0.6) is 0 Å². The molecule has 52 valence electrons. The molecule has 0 atom stereocenters. The van der Waals surface area contributed by atoms with Gasteiger partial charge < -0.3 is 0 Å². The van der Waals surface area contributed by atoms with Gasteiger partial charge in [-0.05, 0) is 18.2 Å². The summed E-state index contributed by atoms with van der Waals surface area (Å²) < 4.78 is 0. The first-order valence-electron chi connectivity index (χ1n) is 3.11. The highest BCUT2D eigenvalue weighted by Gasteiger charge is 1.98. The van der Waals surface area contributed by atoms with Crippen molar-refractivity contribution in [1.29, 1.82) is 0 Å². The monoisotopic (exact) mass is 134 g/mol. The van der Waals surface area contributed by atoms with Gasteiger partial charge in [0, 0.05) is 13.3 Å². The molecule has 0 aromatic carbocycles. The van der Waals surface area contributed by atoms with Crippen LogP contribution >= 0.6 is 0 Å². The second-order valence-corrected chi connectivity index (χ2v) is 1.97. The lowest BCUT2D eigenvalue weighted by molar-refractivity contribution is 0.461. The summed E-state index contributed by atoms with van der Waals surface area (Å²) in [5.41, 5.74) is 1.05. The van der Waals surface area contributed by atoms with Crippen LogP contribution in [0.25, 0.3) is 0 Å². The molecule has 0 unspecified atom stereocenters. The van der Waals surface area contributed by atoms with E-state index in [2.05, 4.69) is 11.7 Å². The van der Waals surface area contributed by atoms with Crippen molar-refractivity contribution >= 4 is 6.21 Å². The molecule has 0 N–H and O–H groups in total. The average molecular weight is 134 g/mol.